The summed E-state index contributed by atoms with van der Waals surface area (Å²) >= 11 is 0. The van der Waals surface area contributed by atoms with E-state index in [2.05, 4.69) is 24.5 Å². The molecule has 0 aromatic heterocycles. The Morgan fingerprint density at radius 1 is 0.615 bits per heavy atom. The molecule has 2 amide bonds. The van der Waals surface area contributed by atoms with Crippen LogP contribution in [0.2, 0.25) is 0 Å². The highest BCUT2D eigenvalue weighted by molar-refractivity contribution is 5.79. The number of hydrogen-bond acceptors (Lipinski definition) is 8. The van der Waals surface area contributed by atoms with E-state index in [1.54, 1.807) is 0 Å². The van der Waals surface area contributed by atoms with Crippen molar-refractivity contribution in [1.29, 1.82) is 0 Å². The maximum Gasteiger partial charge on any atom is 0.317 e. The van der Waals surface area contributed by atoms with Gasteiger partial charge < -0.3 is 26.0 Å². The van der Waals surface area contributed by atoms with Gasteiger partial charge in [0.1, 0.15) is 0 Å². The van der Waals surface area contributed by atoms with Crippen LogP contribution in [0.5, 0.6) is 0 Å². The molecule has 0 radical (unpaired) electrons. The molecule has 1 unspecified atom stereocenters. The SMILES string of the molecule is CCCCCCNC(=O)CN(CCN(CCN(CC(=O)O)CC(=O)NC(C)CCCC)CC(=O)O)CC(=O)O. The summed E-state index contributed by atoms with van der Waals surface area (Å²) in [7, 11) is 0. The second-order valence-corrected chi connectivity index (χ2v) is 9.90. The predicted octanol–water partition coefficient (Wildman–Crippen LogP) is 0.538. The molecule has 0 aliphatic heterocycles. The average molecular weight is 560 g/mol. The number of carboxylic acids is 3. The third kappa shape index (κ3) is 21.8. The molecule has 39 heavy (non-hydrogen) atoms. The fraction of sp³-hybridized carbons (Fsp3) is 0.808. The molecule has 5 N–H and O–H groups in total. The van der Waals surface area contributed by atoms with E-state index in [9.17, 15) is 39.3 Å². The van der Waals surface area contributed by atoms with E-state index < -0.39 is 17.9 Å². The van der Waals surface area contributed by atoms with Crippen LogP contribution in [0, 0.1) is 0 Å². The molecule has 0 aliphatic carbocycles. The number of carboxylic acid groups (broad SMARTS) is 3. The number of rotatable bonds is 25. The minimum atomic E-state index is -1.11. The lowest BCUT2D eigenvalue weighted by Gasteiger charge is -2.28. The van der Waals surface area contributed by atoms with Crippen LogP contribution in [0.15, 0.2) is 0 Å². The molecule has 13 heteroatoms. The van der Waals surface area contributed by atoms with E-state index in [0.717, 1.165) is 44.9 Å². The Labute approximate surface area is 231 Å². The molecule has 0 saturated heterocycles. The van der Waals surface area contributed by atoms with Crippen LogP contribution in [0.1, 0.15) is 65.7 Å². The van der Waals surface area contributed by atoms with Crippen molar-refractivity contribution in [2.24, 2.45) is 0 Å². The average Bonchev–Trinajstić information content (AvgIpc) is 2.82. The Bertz CT molecular complexity index is 752. The van der Waals surface area contributed by atoms with E-state index in [1.807, 2.05) is 6.92 Å². The van der Waals surface area contributed by atoms with Crippen LogP contribution in [0.4, 0.5) is 0 Å². The van der Waals surface area contributed by atoms with E-state index in [1.165, 1.54) is 14.7 Å². The Morgan fingerprint density at radius 3 is 1.56 bits per heavy atom. The van der Waals surface area contributed by atoms with Gasteiger partial charge in [0.25, 0.3) is 0 Å². The van der Waals surface area contributed by atoms with Crippen molar-refractivity contribution < 1.29 is 39.3 Å². The molecular formula is C26H49N5O8. The quantitative estimate of drug-likeness (QED) is 0.0985. The van der Waals surface area contributed by atoms with Crippen molar-refractivity contribution in [1.82, 2.24) is 25.3 Å². The Hall–Kier alpha value is -2.77. The fourth-order valence-corrected chi connectivity index (χ4v) is 3.98. The van der Waals surface area contributed by atoms with Gasteiger partial charge in [-0.15, -0.1) is 0 Å². The normalized spacial score (nSPS) is 12.1. The molecule has 0 saturated carbocycles. The second kappa shape index (κ2) is 22.1. The number of carbonyl (C=O) groups is 5. The number of amides is 2. The topological polar surface area (TPSA) is 180 Å². The molecule has 226 valence electrons. The molecule has 0 fully saturated rings. The van der Waals surface area contributed by atoms with Crippen LogP contribution in [0.25, 0.3) is 0 Å². The Kier molecular flexibility index (Phi) is 20.5. The summed E-state index contributed by atoms with van der Waals surface area (Å²) in [6.07, 6.45) is 6.77. The highest BCUT2D eigenvalue weighted by Gasteiger charge is 2.20. The first kappa shape index (κ1) is 36.2. The third-order valence-corrected chi connectivity index (χ3v) is 6.03. The van der Waals surface area contributed by atoms with E-state index in [0.29, 0.717) is 6.54 Å². The monoisotopic (exact) mass is 559 g/mol. The Morgan fingerprint density at radius 2 is 1.08 bits per heavy atom. The van der Waals surface area contributed by atoms with Gasteiger partial charge in [0.15, 0.2) is 0 Å². The lowest BCUT2D eigenvalue weighted by molar-refractivity contribution is -0.141. The summed E-state index contributed by atoms with van der Waals surface area (Å²) in [6, 6.07) is -0.0404. The number of hydrogen-bond donors (Lipinski definition) is 5. The van der Waals surface area contributed by atoms with Crippen LogP contribution >= 0.6 is 0 Å². The zero-order valence-electron chi connectivity index (χ0n) is 23.8. The number of nitrogens with one attached hydrogen (secondary N) is 2. The summed E-state index contributed by atoms with van der Waals surface area (Å²) in [6.45, 7) is 5.66. The van der Waals surface area contributed by atoms with Gasteiger partial charge in [-0.2, -0.15) is 0 Å². The summed E-state index contributed by atoms with van der Waals surface area (Å²) in [5.41, 5.74) is 0. The molecule has 0 rings (SSSR count). The zero-order chi connectivity index (χ0) is 29.6. The molecular weight excluding hydrogens is 510 g/mol. The van der Waals surface area contributed by atoms with Crippen molar-refractivity contribution >= 4 is 29.7 Å². The molecule has 0 aromatic rings. The van der Waals surface area contributed by atoms with Crippen LogP contribution in [-0.4, -0.2) is 131 Å². The summed E-state index contributed by atoms with van der Waals surface area (Å²) in [4.78, 5) is 63.2. The maximum absolute atomic E-state index is 12.4. The molecule has 13 nitrogen and oxygen atoms in total. The van der Waals surface area contributed by atoms with E-state index in [4.69, 9.17) is 0 Å². The number of nitrogens with zero attached hydrogens (tertiary/aromatic N) is 3. The Balaban J connectivity index is 5.03. The van der Waals surface area contributed by atoms with Gasteiger partial charge in [0.2, 0.25) is 11.8 Å². The smallest absolute Gasteiger partial charge is 0.317 e. The minimum absolute atomic E-state index is 0.0404. The largest absolute Gasteiger partial charge is 0.480 e. The number of carbonyl (C=O) groups excluding carboxylic acids is 2. The minimum Gasteiger partial charge on any atom is -0.480 e. The first-order valence-electron chi connectivity index (χ1n) is 13.8. The van der Waals surface area contributed by atoms with E-state index in [-0.39, 0.29) is 76.8 Å². The molecule has 0 heterocycles. The third-order valence-electron chi connectivity index (χ3n) is 6.03. The summed E-state index contributed by atoms with van der Waals surface area (Å²) in [5, 5.41) is 33.5. The van der Waals surface area contributed by atoms with Crippen molar-refractivity contribution in [3.63, 3.8) is 0 Å². The standard InChI is InChI=1S/C26H49N5O8/c1-4-6-8-9-11-27-22(32)16-30(19-25(36)37)14-12-29(18-24(34)35)13-15-31(20-26(38)39)17-23(33)28-21(3)10-7-5-2/h21H,4-20H2,1-3H3,(H,27,32)(H,28,33)(H,34,35)(H,36,37)(H,38,39). The van der Waals surface area contributed by atoms with Gasteiger partial charge >= 0.3 is 17.9 Å². The van der Waals surface area contributed by atoms with Gasteiger partial charge in [-0.1, -0.05) is 46.0 Å². The number of aliphatic carboxylic acids is 3. The van der Waals surface area contributed by atoms with Gasteiger partial charge in [-0.3, -0.25) is 38.7 Å². The first-order chi connectivity index (χ1) is 18.5. The fourth-order valence-electron chi connectivity index (χ4n) is 3.98. The van der Waals surface area contributed by atoms with Crippen molar-refractivity contribution in [3.8, 4) is 0 Å². The van der Waals surface area contributed by atoms with Crippen molar-refractivity contribution in [2.75, 3.05) is 65.4 Å². The number of unbranched alkanes of at least 4 members (excludes halogenated alkanes) is 4. The molecule has 0 aliphatic rings. The molecule has 0 spiro atoms. The van der Waals surface area contributed by atoms with Crippen LogP contribution < -0.4 is 10.6 Å². The van der Waals surface area contributed by atoms with Crippen molar-refractivity contribution in [3.05, 3.63) is 0 Å². The van der Waals surface area contributed by atoms with Crippen LogP contribution in [0.3, 0.4) is 0 Å². The second-order valence-electron chi connectivity index (χ2n) is 9.90. The van der Waals surface area contributed by atoms with Crippen LogP contribution in [-0.2, 0) is 24.0 Å². The van der Waals surface area contributed by atoms with Gasteiger partial charge in [0.05, 0.1) is 32.7 Å². The first-order valence-corrected chi connectivity index (χ1v) is 13.8. The predicted molar refractivity (Wildman–Crippen MR) is 147 cm³/mol. The van der Waals surface area contributed by atoms with Gasteiger partial charge in [-0.25, -0.2) is 0 Å². The highest BCUT2D eigenvalue weighted by atomic mass is 16.4. The molecule has 1 atom stereocenters. The summed E-state index contributed by atoms with van der Waals surface area (Å²) < 4.78 is 0. The lowest BCUT2D eigenvalue weighted by Crippen LogP contribution is -2.48. The van der Waals surface area contributed by atoms with Gasteiger partial charge in [0, 0.05) is 38.8 Å². The molecule has 0 aromatic carbocycles. The maximum atomic E-state index is 12.4. The molecule has 0 bridgehead atoms. The highest BCUT2D eigenvalue weighted by Crippen LogP contribution is 2.01. The zero-order valence-corrected chi connectivity index (χ0v) is 23.8. The van der Waals surface area contributed by atoms with Gasteiger partial charge in [-0.05, 0) is 19.8 Å². The van der Waals surface area contributed by atoms with Crippen molar-refractivity contribution in [2.45, 2.75) is 71.8 Å². The van der Waals surface area contributed by atoms with E-state index >= 15 is 0 Å². The summed E-state index contributed by atoms with van der Waals surface area (Å²) in [5.74, 6) is -3.93. The lowest BCUT2D eigenvalue weighted by atomic mass is 10.1.